The highest BCUT2D eigenvalue weighted by atomic mass is 16.6. The number of nitro benzene ring substituents is 1. The topological polar surface area (TPSA) is 108 Å². The summed E-state index contributed by atoms with van der Waals surface area (Å²) in [5.74, 6) is 0.430. The third-order valence-corrected chi connectivity index (χ3v) is 5.24. The normalized spacial score (nSPS) is 12.0. The fraction of sp³-hybridized carbons (Fsp3) is 0.174. The molecule has 0 heterocycles. The van der Waals surface area contributed by atoms with Gasteiger partial charge in [-0.25, -0.2) is 0 Å². The minimum atomic E-state index is -0.527. The second-order valence-corrected chi connectivity index (χ2v) is 6.99. The number of phenols is 1. The maximum atomic E-state index is 13.1. The molecule has 0 unspecified atom stereocenters. The van der Waals surface area contributed by atoms with E-state index in [1.54, 1.807) is 24.3 Å². The lowest BCUT2D eigenvalue weighted by Crippen LogP contribution is -2.17. The smallest absolute Gasteiger partial charge is 0.280 e. The number of carbonyl (C=O) groups excluding carboxylic acids is 1. The van der Waals surface area contributed by atoms with E-state index in [2.05, 4.69) is 0 Å². The Labute approximate surface area is 177 Å². The number of aromatic hydroxyl groups is 1. The maximum absolute atomic E-state index is 13.1. The summed E-state index contributed by atoms with van der Waals surface area (Å²) in [6, 6.07) is 12.9. The average molecular weight is 421 g/mol. The van der Waals surface area contributed by atoms with E-state index in [0.29, 0.717) is 23.5 Å². The molecule has 0 saturated carbocycles. The Hall–Kier alpha value is -4.07. The van der Waals surface area contributed by atoms with Crippen molar-refractivity contribution in [3.8, 4) is 23.0 Å². The van der Waals surface area contributed by atoms with E-state index in [9.17, 15) is 20.0 Å². The van der Waals surface area contributed by atoms with Crippen LogP contribution in [0.1, 0.15) is 32.6 Å². The lowest BCUT2D eigenvalue weighted by Gasteiger charge is -2.22. The van der Waals surface area contributed by atoms with E-state index < -0.39 is 4.92 Å². The van der Waals surface area contributed by atoms with Crippen molar-refractivity contribution < 1.29 is 29.0 Å². The fourth-order valence-corrected chi connectivity index (χ4v) is 3.78. The van der Waals surface area contributed by atoms with Gasteiger partial charge in [0.25, 0.3) is 5.69 Å². The minimum absolute atomic E-state index is 0.0847. The molecule has 1 aliphatic rings. The monoisotopic (exact) mass is 421 g/mol. The molecule has 0 bridgehead atoms. The van der Waals surface area contributed by atoms with Crippen molar-refractivity contribution in [3.05, 3.63) is 86.5 Å². The van der Waals surface area contributed by atoms with Gasteiger partial charge in [0.1, 0.15) is 18.1 Å². The molecular formula is C23H19NO7. The average Bonchev–Trinajstić information content (AvgIpc) is 2.76. The Balaban J connectivity index is 1.70. The zero-order chi connectivity index (χ0) is 22.1. The molecule has 158 valence electrons. The number of nitrogens with zero attached hydrogens (tertiary/aromatic N) is 1. The van der Waals surface area contributed by atoms with Crippen molar-refractivity contribution in [1.29, 1.82) is 0 Å². The third-order valence-electron chi connectivity index (χ3n) is 5.24. The van der Waals surface area contributed by atoms with Gasteiger partial charge in [-0.1, -0.05) is 24.3 Å². The SMILES string of the molecule is COc1cc(COc2cccc3c2C(=O)c2c(O)cccc2C3)c([N+](=O)[O-])cc1OC. The highest BCUT2D eigenvalue weighted by molar-refractivity contribution is 6.15. The van der Waals surface area contributed by atoms with Crippen LogP contribution in [-0.4, -0.2) is 30.0 Å². The van der Waals surface area contributed by atoms with Crippen LogP contribution in [0.2, 0.25) is 0 Å². The van der Waals surface area contributed by atoms with E-state index in [1.165, 1.54) is 32.4 Å². The molecule has 0 amide bonds. The minimum Gasteiger partial charge on any atom is -0.507 e. The predicted molar refractivity (Wildman–Crippen MR) is 111 cm³/mol. The lowest BCUT2D eigenvalue weighted by atomic mass is 9.84. The molecule has 8 heteroatoms. The summed E-state index contributed by atoms with van der Waals surface area (Å²) in [4.78, 5) is 24.1. The molecule has 1 aliphatic carbocycles. The van der Waals surface area contributed by atoms with E-state index in [4.69, 9.17) is 14.2 Å². The molecule has 0 saturated heterocycles. The Morgan fingerprint density at radius 2 is 1.61 bits per heavy atom. The molecule has 31 heavy (non-hydrogen) atoms. The van der Waals surface area contributed by atoms with Crippen LogP contribution >= 0.6 is 0 Å². The van der Waals surface area contributed by atoms with Gasteiger partial charge < -0.3 is 19.3 Å². The molecule has 0 spiro atoms. The molecule has 3 aromatic rings. The zero-order valence-corrected chi connectivity index (χ0v) is 16.9. The van der Waals surface area contributed by atoms with Gasteiger partial charge in [0, 0.05) is 0 Å². The molecule has 0 radical (unpaired) electrons. The van der Waals surface area contributed by atoms with Gasteiger partial charge in [-0.3, -0.25) is 14.9 Å². The van der Waals surface area contributed by atoms with Gasteiger partial charge in [-0.2, -0.15) is 0 Å². The van der Waals surface area contributed by atoms with E-state index >= 15 is 0 Å². The molecule has 0 aromatic heterocycles. The van der Waals surface area contributed by atoms with Crippen molar-refractivity contribution in [2.75, 3.05) is 14.2 Å². The van der Waals surface area contributed by atoms with Crippen molar-refractivity contribution in [2.45, 2.75) is 13.0 Å². The van der Waals surface area contributed by atoms with Crippen LogP contribution in [0.4, 0.5) is 5.69 Å². The highest BCUT2D eigenvalue weighted by Crippen LogP contribution is 2.38. The van der Waals surface area contributed by atoms with Crippen LogP contribution in [0.25, 0.3) is 0 Å². The number of nitro groups is 1. The standard InChI is InChI=1S/C23H19NO7/c1-29-19-10-15(16(24(27)28)11-20(19)30-2)12-31-18-8-4-6-14-9-13-5-3-7-17(25)21(13)23(26)22(14)18/h3-8,10-11,25H,9,12H2,1-2H3. The van der Waals surface area contributed by atoms with Crippen LogP contribution in [0, 0.1) is 10.1 Å². The van der Waals surface area contributed by atoms with Crippen molar-refractivity contribution in [1.82, 2.24) is 0 Å². The van der Waals surface area contributed by atoms with Gasteiger partial charge >= 0.3 is 0 Å². The summed E-state index contributed by atoms with van der Waals surface area (Å²) < 4.78 is 16.3. The fourth-order valence-electron chi connectivity index (χ4n) is 3.78. The molecule has 4 rings (SSSR count). The second-order valence-electron chi connectivity index (χ2n) is 6.99. The Kier molecular flexibility index (Phi) is 5.21. The van der Waals surface area contributed by atoms with Crippen LogP contribution < -0.4 is 14.2 Å². The molecular weight excluding hydrogens is 402 g/mol. The van der Waals surface area contributed by atoms with E-state index in [0.717, 1.165) is 11.1 Å². The number of benzene rings is 3. The van der Waals surface area contributed by atoms with Crippen molar-refractivity contribution in [3.63, 3.8) is 0 Å². The Bertz CT molecular complexity index is 1200. The van der Waals surface area contributed by atoms with E-state index in [-0.39, 0.29) is 40.7 Å². The molecule has 0 atom stereocenters. The van der Waals surface area contributed by atoms with Crippen LogP contribution in [0.3, 0.4) is 0 Å². The highest BCUT2D eigenvalue weighted by Gasteiger charge is 2.29. The number of hydrogen-bond acceptors (Lipinski definition) is 7. The third kappa shape index (κ3) is 3.52. The number of methoxy groups -OCH3 is 2. The van der Waals surface area contributed by atoms with Crippen LogP contribution in [-0.2, 0) is 13.0 Å². The number of ketones is 1. The van der Waals surface area contributed by atoms with Gasteiger partial charge in [0.05, 0.1) is 41.9 Å². The zero-order valence-electron chi connectivity index (χ0n) is 16.9. The number of fused-ring (bicyclic) bond motifs is 2. The summed E-state index contributed by atoms with van der Waals surface area (Å²) in [6.07, 6.45) is 0.471. The first-order valence-electron chi connectivity index (χ1n) is 9.44. The number of hydrogen-bond donors (Lipinski definition) is 1. The number of phenolic OH excluding ortho intramolecular Hbond substituents is 1. The molecule has 8 nitrogen and oxygen atoms in total. The van der Waals surface area contributed by atoms with Gasteiger partial charge in [-0.15, -0.1) is 0 Å². The van der Waals surface area contributed by atoms with Gasteiger partial charge in [0.2, 0.25) is 5.78 Å². The maximum Gasteiger partial charge on any atom is 0.280 e. The first-order valence-corrected chi connectivity index (χ1v) is 9.44. The second kappa shape index (κ2) is 7.98. The lowest BCUT2D eigenvalue weighted by molar-refractivity contribution is -0.385. The van der Waals surface area contributed by atoms with Gasteiger partial charge in [-0.05, 0) is 35.7 Å². The van der Waals surface area contributed by atoms with Crippen LogP contribution in [0.5, 0.6) is 23.0 Å². The van der Waals surface area contributed by atoms with Crippen molar-refractivity contribution >= 4 is 11.5 Å². The molecule has 1 N–H and O–H groups in total. The molecule has 0 fully saturated rings. The summed E-state index contributed by atoms with van der Waals surface area (Å²) in [5.41, 5.74) is 2.19. The summed E-state index contributed by atoms with van der Waals surface area (Å²) in [7, 11) is 2.83. The number of ether oxygens (including phenoxy) is 3. The largest absolute Gasteiger partial charge is 0.507 e. The Morgan fingerprint density at radius 1 is 0.968 bits per heavy atom. The van der Waals surface area contributed by atoms with Crippen molar-refractivity contribution in [2.24, 2.45) is 0 Å². The molecule has 3 aromatic carbocycles. The first-order chi connectivity index (χ1) is 14.9. The summed E-state index contributed by atoms with van der Waals surface area (Å²) >= 11 is 0. The summed E-state index contributed by atoms with van der Waals surface area (Å²) in [5, 5.41) is 21.7. The summed E-state index contributed by atoms with van der Waals surface area (Å²) in [6.45, 7) is -0.159. The molecule has 0 aliphatic heterocycles. The van der Waals surface area contributed by atoms with Gasteiger partial charge in [0.15, 0.2) is 11.5 Å². The van der Waals surface area contributed by atoms with E-state index in [1.807, 2.05) is 6.07 Å². The Morgan fingerprint density at radius 3 is 2.29 bits per heavy atom. The number of rotatable bonds is 6. The number of carbonyl (C=O) groups is 1. The quantitative estimate of drug-likeness (QED) is 0.370. The van der Waals surface area contributed by atoms with Crippen LogP contribution in [0.15, 0.2) is 48.5 Å². The first kappa shape index (κ1) is 20.2. The predicted octanol–water partition coefficient (Wildman–Crippen LogP) is 4.03.